The van der Waals surface area contributed by atoms with Gasteiger partial charge in [-0.1, -0.05) is 92.7 Å². The van der Waals surface area contributed by atoms with Crippen LogP contribution in [0.5, 0.6) is 5.75 Å². The van der Waals surface area contributed by atoms with E-state index in [1.54, 1.807) is 12.1 Å². The smallest absolute Gasteiger partial charge is 0.122 e. The van der Waals surface area contributed by atoms with Crippen molar-refractivity contribution in [2.45, 2.75) is 38.7 Å². The fraction of sp³-hybridized carbons (Fsp3) is 0.194. The molecule has 0 saturated carbocycles. The van der Waals surface area contributed by atoms with Gasteiger partial charge in [-0.05, 0) is 64.9 Å². The van der Waals surface area contributed by atoms with E-state index in [-0.39, 0.29) is 11.3 Å². The maximum atomic E-state index is 7.48. The Kier molecular flexibility index (Phi) is 7.12. The van der Waals surface area contributed by atoms with Crippen LogP contribution in [-0.2, 0) is 24.9 Å². The molecule has 4 aromatic rings. The van der Waals surface area contributed by atoms with Crippen LogP contribution in [0.1, 0.15) is 47.2 Å². The summed E-state index contributed by atoms with van der Waals surface area (Å²) in [5, 5.41) is 7.48. The van der Waals surface area contributed by atoms with Gasteiger partial charge in [-0.15, -0.1) is 0 Å². The molecule has 0 fully saturated rings. The van der Waals surface area contributed by atoms with Gasteiger partial charge in [-0.3, -0.25) is 5.41 Å². The average Bonchev–Trinajstić information content (AvgIpc) is 2.87. The fourth-order valence-electron chi connectivity index (χ4n) is 4.17. The van der Waals surface area contributed by atoms with Gasteiger partial charge in [0.2, 0.25) is 0 Å². The molecule has 4 rings (SSSR count). The molecule has 0 saturated heterocycles. The Morgan fingerprint density at radius 1 is 0.706 bits per heavy atom. The molecule has 0 amide bonds. The molecule has 172 valence electrons. The summed E-state index contributed by atoms with van der Waals surface area (Å²) in [6.45, 7) is 5.07. The highest BCUT2D eigenvalue weighted by Gasteiger charge is 2.22. The number of hydrogen-bond donors (Lipinski definition) is 2. The lowest BCUT2D eigenvalue weighted by atomic mass is 9.78. The van der Waals surface area contributed by atoms with E-state index in [2.05, 4.69) is 92.7 Å². The first-order valence-corrected chi connectivity index (χ1v) is 11.7. The van der Waals surface area contributed by atoms with Crippen LogP contribution < -0.4 is 10.5 Å². The number of ether oxygens (including phenoxy) is 1. The van der Waals surface area contributed by atoms with Gasteiger partial charge >= 0.3 is 0 Å². The number of amidine groups is 1. The highest BCUT2D eigenvalue weighted by atomic mass is 16.5. The van der Waals surface area contributed by atoms with Crippen molar-refractivity contribution in [2.75, 3.05) is 0 Å². The molecule has 3 N–H and O–H groups in total. The molecule has 0 aliphatic heterocycles. The minimum Gasteiger partial charge on any atom is -0.489 e. The van der Waals surface area contributed by atoms with Gasteiger partial charge in [-0.2, -0.15) is 0 Å². The lowest BCUT2D eigenvalue weighted by Gasteiger charge is -2.26. The number of hydrogen-bond acceptors (Lipinski definition) is 2. The van der Waals surface area contributed by atoms with Crippen LogP contribution in [0.2, 0.25) is 0 Å². The Balaban J connectivity index is 1.34. The van der Waals surface area contributed by atoms with E-state index in [4.69, 9.17) is 15.9 Å². The van der Waals surface area contributed by atoms with E-state index in [1.807, 2.05) is 12.1 Å². The quantitative estimate of drug-likeness (QED) is 0.222. The van der Waals surface area contributed by atoms with Gasteiger partial charge in [-0.25, -0.2) is 0 Å². The number of rotatable bonds is 9. The monoisotopic (exact) mass is 448 g/mol. The number of nitrogen functional groups attached to an aromatic ring is 1. The Bertz CT molecular complexity index is 1230. The summed E-state index contributed by atoms with van der Waals surface area (Å²) in [6.07, 6.45) is 1.99. The largest absolute Gasteiger partial charge is 0.489 e. The second-order valence-corrected chi connectivity index (χ2v) is 9.23. The molecule has 0 unspecified atom stereocenters. The second-order valence-electron chi connectivity index (χ2n) is 9.23. The highest BCUT2D eigenvalue weighted by Crippen LogP contribution is 2.31. The SMILES string of the molecule is CC(C)(c1ccccc1)c1ccc(CCc2cccc(COc3ccc(C(=N)N)cc3)c2)cc1. The summed E-state index contributed by atoms with van der Waals surface area (Å²) in [5.74, 6) is 0.836. The van der Waals surface area contributed by atoms with E-state index in [9.17, 15) is 0 Å². The van der Waals surface area contributed by atoms with Gasteiger partial charge in [0.15, 0.2) is 0 Å². The maximum absolute atomic E-state index is 7.48. The second kappa shape index (κ2) is 10.4. The summed E-state index contributed by atoms with van der Waals surface area (Å²) in [5.41, 5.74) is 12.7. The number of benzene rings is 4. The normalized spacial score (nSPS) is 11.2. The Labute approximate surface area is 202 Å². The number of nitrogens with one attached hydrogen (secondary N) is 1. The minimum atomic E-state index is -0.0134. The van der Waals surface area contributed by atoms with Crippen LogP contribution in [-0.4, -0.2) is 5.84 Å². The van der Waals surface area contributed by atoms with Gasteiger partial charge in [0.25, 0.3) is 0 Å². The Morgan fingerprint density at radius 2 is 1.32 bits per heavy atom. The van der Waals surface area contributed by atoms with Gasteiger partial charge in [0, 0.05) is 11.0 Å². The zero-order valence-electron chi connectivity index (χ0n) is 19.9. The highest BCUT2D eigenvalue weighted by molar-refractivity contribution is 5.94. The van der Waals surface area contributed by atoms with Gasteiger partial charge in [0.1, 0.15) is 18.2 Å². The third kappa shape index (κ3) is 5.74. The lowest BCUT2D eigenvalue weighted by molar-refractivity contribution is 0.306. The van der Waals surface area contributed by atoms with Crippen LogP contribution in [0, 0.1) is 5.41 Å². The van der Waals surface area contributed by atoms with E-state index in [1.165, 1.54) is 22.3 Å². The van der Waals surface area contributed by atoms with E-state index >= 15 is 0 Å². The zero-order valence-corrected chi connectivity index (χ0v) is 19.9. The van der Waals surface area contributed by atoms with Crippen LogP contribution in [0.4, 0.5) is 0 Å². The standard InChI is InChI=1S/C31H32N2O/c1-31(2,27-9-4-3-5-10-27)28-17-13-23(14-18-28)11-12-24-7-6-8-25(21-24)22-34-29-19-15-26(16-20-29)30(32)33/h3-10,13-21H,11-12,22H2,1-2H3,(H3,32,33). The lowest BCUT2D eigenvalue weighted by Crippen LogP contribution is -2.18. The first-order chi connectivity index (χ1) is 16.4. The topological polar surface area (TPSA) is 59.1 Å². The summed E-state index contributed by atoms with van der Waals surface area (Å²) in [6, 6.07) is 35.6. The van der Waals surface area contributed by atoms with Crippen molar-refractivity contribution in [1.82, 2.24) is 0 Å². The van der Waals surface area contributed by atoms with Crippen LogP contribution >= 0.6 is 0 Å². The van der Waals surface area contributed by atoms with Crippen molar-refractivity contribution in [3.63, 3.8) is 0 Å². The molecule has 3 heteroatoms. The molecule has 0 radical (unpaired) electrons. The maximum Gasteiger partial charge on any atom is 0.122 e. The molecule has 0 aromatic heterocycles. The molecule has 0 bridgehead atoms. The Hall–Kier alpha value is -3.85. The summed E-state index contributed by atoms with van der Waals surface area (Å²) < 4.78 is 5.91. The Morgan fingerprint density at radius 3 is 2.00 bits per heavy atom. The predicted octanol–water partition coefficient (Wildman–Crippen LogP) is 6.66. The molecule has 34 heavy (non-hydrogen) atoms. The first kappa shape index (κ1) is 23.3. The molecule has 0 aliphatic rings. The fourth-order valence-corrected chi connectivity index (χ4v) is 4.17. The third-order valence-electron chi connectivity index (χ3n) is 6.44. The third-order valence-corrected chi connectivity index (χ3v) is 6.44. The van der Waals surface area contributed by atoms with Crippen molar-refractivity contribution in [2.24, 2.45) is 5.73 Å². The molecule has 3 nitrogen and oxygen atoms in total. The number of nitrogens with two attached hydrogens (primary N) is 1. The molecule has 0 atom stereocenters. The van der Waals surface area contributed by atoms with E-state index in [0.717, 1.165) is 24.2 Å². The van der Waals surface area contributed by atoms with Crippen LogP contribution in [0.3, 0.4) is 0 Å². The average molecular weight is 449 g/mol. The van der Waals surface area contributed by atoms with Crippen LogP contribution in [0.25, 0.3) is 0 Å². The van der Waals surface area contributed by atoms with Crippen molar-refractivity contribution < 1.29 is 4.74 Å². The van der Waals surface area contributed by atoms with E-state index < -0.39 is 0 Å². The summed E-state index contributed by atoms with van der Waals surface area (Å²) in [7, 11) is 0. The van der Waals surface area contributed by atoms with Gasteiger partial charge in [0.05, 0.1) is 0 Å². The van der Waals surface area contributed by atoms with E-state index in [0.29, 0.717) is 12.2 Å². The first-order valence-electron chi connectivity index (χ1n) is 11.7. The van der Waals surface area contributed by atoms with Crippen molar-refractivity contribution in [1.29, 1.82) is 5.41 Å². The molecular formula is C31H32N2O. The van der Waals surface area contributed by atoms with Crippen molar-refractivity contribution >= 4 is 5.84 Å². The van der Waals surface area contributed by atoms with Gasteiger partial charge < -0.3 is 10.5 Å². The zero-order chi connectivity index (χ0) is 24.0. The van der Waals surface area contributed by atoms with Crippen LogP contribution in [0.15, 0.2) is 103 Å². The molecule has 4 aromatic carbocycles. The minimum absolute atomic E-state index is 0.0134. The molecule has 0 heterocycles. The summed E-state index contributed by atoms with van der Waals surface area (Å²) >= 11 is 0. The van der Waals surface area contributed by atoms with Crippen molar-refractivity contribution in [3.05, 3.63) is 137 Å². The predicted molar refractivity (Wildman–Crippen MR) is 141 cm³/mol. The van der Waals surface area contributed by atoms with Crippen molar-refractivity contribution in [3.8, 4) is 5.75 Å². The summed E-state index contributed by atoms with van der Waals surface area (Å²) in [4.78, 5) is 0. The molecule has 0 spiro atoms. The molecular weight excluding hydrogens is 416 g/mol. The molecule has 0 aliphatic carbocycles. The number of aryl methyl sites for hydroxylation is 2.